The molecule has 0 saturated heterocycles. The van der Waals surface area contributed by atoms with Crippen molar-refractivity contribution in [2.45, 2.75) is 0 Å². The van der Waals surface area contributed by atoms with E-state index in [-0.39, 0.29) is 10.7 Å². The highest BCUT2D eigenvalue weighted by Crippen LogP contribution is 2.38. The van der Waals surface area contributed by atoms with Crippen molar-refractivity contribution in [3.8, 4) is 23.0 Å². The SMILES string of the molecule is COc1cc2sc(NC(=S)NC(=O)c3cc(OC)c(OC)c(OC)c3)nc2cc1Cl. The van der Waals surface area contributed by atoms with Gasteiger partial charge < -0.3 is 24.3 Å². The number of hydrogen-bond acceptors (Lipinski definition) is 8. The normalized spacial score (nSPS) is 10.4. The molecule has 30 heavy (non-hydrogen) atoms. The van der Waals surface area contributed by atoms with E-state index < -0.39 is 5.91 Å². The molecule has 8 nitrogen and oxygen atoms in total. The highest BCUT2D eigenvalue weighted by molar-refractivity contribution is 7.80. The van der Waals surface area contributed by atoms with Gasteiger partial charge in [0.1, 0.15) is 5.75 Å². The molecule has 11 heteroatoms. The fourth-order valence-corrected chi connectivity index (χ4v) is 4.02. The predicted molar refractivity (Wildman–Crippen MR) is 121 cm³/mol. The minimum absolute atomic E-state index is 0.0888. The van der Waals surface area contributed by atoms with E-state index in [4.69, 9.17) is 42.8 Å². The molecule has 0 spiro atoms. The summed E-state index contributed by atoms with van der Waals surface area (Å²) in [7, 11) is 5.97. The number of ether oxygens (including phenoxy) is 4. The van der Waals surface area contributed by atoms with E-state index in [9.17, 15) is 4.79 Å². The lowest BCUT2D eigenvalue weighted by Crippen LogP contribution is -2.34. The Bertz CT molecular complexity index is 1090. The lowest BCUT2D eigenvalue weighted by atomic mass is 10.1. The van der Waals surface area contributed by atoms with Crippen molar-refractivity contribution < 1.29 is 23.7 Å². The van der Waals surface area contributed by atoms with E-state index in [2.05, 4.69) is 15.6 Å². The molecule has 0 aliphatic heterocycles. The molecular formula is C19H18ClN3O5S2. The van der Waals surface area contributed by atoms with Crippen molar-refractivity contribution in [2.75, 3.05) is 33.8 Å². The van der Waals surface area contributed by atoms with Crippen LogP contribution in [0.15, 0.2) is 24.3 Å². The molecule has 158 valence electrons. The highest BCUT2D eigenvalue weighted by atomic mass is 35.5. The summed E-state index contributed by atoms with van der Waals surface area (Å²) in [5.41, 5.74) is 0.974. The Hall–Kier alpha value is -2.82. The summed E-state index contributed by atoms with van der Waals surface area (Å²) in [5, 5.41) is 6.56. The topological polar surface area (TPSA) is 90.9 Å². The number of fused-ring (bicyclic) bond motifs is 1. The number of amides is 1. The van der Waals surface area contributed by atoms with Gasteiger partial charge in [-0.2, -0.15) is 0 Å². The van der Waals surface area contributed by atoms with Gasteiger partial charge in [-0.25, -0.2) is 4.98 Å². The second kappa shape index (κ2) is 9.33. The quantitative estimate of drug-likeness (QED) is 0.523. The molecular weight excluding hydrogens is 450 g/mol. The first-order valence-corrected chi connectivity index (χ1v) is 10.1. The zero-order valence-corrected chi connectivity index (χ0v) is 18.9. The molecule has 0 radical (unpaired) electrons. The third kappa shape index (κ3) is 4.50. The number of anilines is 1. The molecule has 0 unspecified atom stereocenters. The average molecular weight is 468 g/mol. The van der Waals surface area contributed by atoms with E-state index in [1.807, 2.05) is 0 Å². The van der Waals surface area contributed by atoms with Crippen molar-refractivity contribution >= 4 is 61.5 Å². The minimum atomic E-state index is -0.447. The maximum absolute atomic E-state index is 12.6. The van der Waals surface area contributed by atoms with Gasteiger partial charge in [-0.1, -0.05) is 22.9 Å². The molecule has 1 amide bonds. The van der Waals surface area contributed by atoms with E-state index in [0.717, 1.165) is 4.70 Å². The van der Waals surface area contributed by atoms with Crippen LogP contribution in [0.2, 0.25) is 5.02 Å². The van der Waals surface area contributed by atoms with E-state index in [0.29, 0.717) is 38.7 Å². The first-order chi connectivity index (χ1) is 14.4. The number of thiazole rings is 1. The van der Waals surface area contributed by atoms with Crippen LogP contribution in [0.3, 0.4) is 0 Å². The largest absolute Gasteiger partial charge is 0.495 e. The number of nitrogens with one attached hydrogen (secondary N) is 2. The van der Waals surface area contributed by atoms with Crippen LogP contribution in [-0.2, 0) is 0 Å². The second-order valence-corrected chi connectivity index (χ2v) is 7.64. The molecule has 3 rings (SSSR count). The number of carbonyl (C=O) groups is 1. The highest BCUT2D eigenvalue weighted by Gasteiger charge is 2.18. The molecule has 3 aromatic rings. The molecule has 0 aliphatic carbocycles. The molecule has 0 bridgehead atoms. The number of carbonyl (C=O) groups excluding carboxylic acids is 1. The first-order valence-electron chi connectivity index (χ1n) is 8.46. The first kappa shape index (κ1) is 21.9. The Morgan fingerprint density at radius 1 is 1.00 bits per heavy atom. The van der Waals surface area contributed by atoms with Gasteiger partial charge in [0.05, 0.1) is 43.7 Å². The van der Waals surface area contributed by atoms with E-state index in [1.54, 1.807) is 19.2 Å². The average Bonchev–Trinajstić information content (AvgIpc) is 3.12. The summed E-state index contributed by atoms with van der Waals surface area (Å²) >= 11 is 12.7. The van der Waals surface area contributed by atoms with Gasteiger partial charge in [0.25, 0.3) is 5.91 Å². The van der Waals surface area contributed by atoms with E-state index >= 15 is 0 Å². The summed E-state index contributed by atoms with van der Waals surface area (Å²) in [4.78, 5) is 17.1. The Labute approximate surface area is 187 Å². The van der Waals surface area contributed by atoms with Gasteiger partial charge in [-0.15, -0.1) is 0 Å². The Morgan fingerprint density at radius 3 is 2.20 bits per heavy atom. The summed E-state index contributed by atoms with van der Waals surface area (Å²) in [6.45, 7) is 0. The fourth-order valence-electron chi connectivity index (χ4n) is 2.66. The van der Waals surface area contributed by atoms with Gasteiger partial charge in [0.2, 0.25) is 5.75 Å². The van der Waals surface area contributed by atoms with Crippen molar-refractivity contribution in [3.05, 3.63) is 34.9 Å². The van der Waals surface area contributed by atoms with Crippen LogP contribution in [0.5, 0.6) is 23.0 Å². The molecule has 0 atom stereocenters. The van der Waals surface area contributed by atoms with Crippen LogP contribution in [0, 0.1) is 0 Å². The second-order valence-electron chi connectivity index (χ2n) is 5.80. The van der Waals surface area contributed by atoms with Crippen molar-refractivity contribution in [1.82, 2.24) is 10.3 Å². The number of nitrogens with zero attached hydrogens (tertiary/aromatic N) is 1. The Balaban J connectivity index is 1.76. The van der Waals surface area contributed by atoms with Crippen LogP contribution in [0.1, 0.15) is 10.4 Å². The van der Waals surface area contributed by atoms with Gasteiger partial charge >= 0.3 is 0 Å². The number of benzene rings is 2. The van der Waals surface area contributed by atoms with Gasteiger partial charge in [-0.05, 0) is 30.4 Å². The van der Waals surface area contributed by atoms with Crippen molar-refractivity contribution in [3.63, 3.8) is 0 Å². The van der Waals surface area contributed by atoms with Gasteiger partial charge in [-0.3, -0.25) is 10.1 Å². The van der Waals surface area contributed by atoms with E-state index in [1.165, 1.54) is 44.8 Å². The van der Waals surface area contributed by atoms with Crippen LogP contribution in [0.25, 0.3) is 10.2 Å². The molecule has 2 aromatic carbocycles. The maximum Gasteiger partial charge on any atom is 0.257 e. The minimum Gasteiger partial charge on any atom is -0.495 e. The lowest BCUT2D eigenvalue weighted by molar-refractivity contribution is 0.0977. The molecule has 1 aromatic heterocycles. The van der Waals surface area contributed by atoms with Crippen LogP contribution >= 0.6 is 35.2 Å². The third-order valence-electron chi connectivity index (χ3n) is 4.04. The summed E-state index contributed by atoms with van der Waals surface area (Å²) in [5.74, 6) is 1.21. The zero-order chi connectivity index (χ0) is 21.8. The van der Waals surface area contributed by atoms with Gasteiger partial charge in [0, 0.05) is 11.6 Å². The van der Waals surface area contributed by atoms with Crippen LogP contribution in [-0.4, -0.2) is 44.4 Å². The standard InChI is InChI=1S/C19H18ClN3O5S2/c1-25-12-8-15-11(7-10(12)20)21-19(30-15)23-18(29)22-17(24)9-5-13(26-2)16(28-4)14(6-9)27-3/h5-8H,1-4H3,(H2,21,22,23,24,29). The molecule has 0 saturated carbocycles. The lowest BCUT2D eigenvalue weighted by Gasteiger charge is -2.14. The fraction of sp³-hybridized carbons (Fsp3) is 0.211. The summed E-state index contributed by atoms with van der Waals surface area (Å²) in [6.07, 6.45) is 0. The van der Waals surface area contributed by atoms with Crippen LogP contribution < -0.4 is 29.6 Å². The van der Waals surface area contributed by atoms with Crippen molar-refractivity contribution in [2.24, 2.45) is 0 Å². The number of hydrogen-bond donors (Lipinski definition) is 2. The van der Waals surface area contributed by atoms with Gasteiger partial charge in [0.15, 0.2) is 21.7 Å². The number of methoxy groups -OCH3 is 4. The van der Waals surface area contributed by atoms with Crippen molar-refractivity contribution in [1.29, 1.82) is 0 Å². The van der Waals surface area contributed by atoms with Crippen LogP contribution in [0.4, 0.5) is 5.13 Å². The number of thiocarbonyl (C=S) groups is 1. The third-order valence-corrected chi connectivity index (χ3v) is 5.47. The predicted octanol–water partition coefficient (Wildman–Crippen LogP) is 4.11. The number of aromatic nitrogens is 1. The summed E-state index contributed by atoms with van der Waals surface area (Å²) < 4.78 is 21.9. The molecule has 0 aliphatic rings. The molecule has 2 N–H and O–H groups in total. The zero-order valence-electron chi connectivity index (χ0n) is 16.5. The number of halogens is 1. The molecule has 0 fully saturated rings. The number of rotatable bonds is 6. The molecule has 1 heterocycles. The smallest absolute Gasteiger partial charge is 0.257 e. The monoisotopic (exact) mass is 467 g/mol. The maximum atomic E-state index is 12.6. The Morgan fingerprint density at radius 2 is 1.63 bits per heavy atom. The Kier molecular flexibility index (Phi) is 6.80. The summed E-state index contributed by atoms with van der Waals surface area (Å²) in [6, 6.07) is 6.56.